The molecule has 0 heterocycles. The Morgan fingerprint density at radius 3 is 1.82 bits per heavy atom. The molecule has 0 aliphatic carbocycles. The molecular weight excluding hydrogens is 159 g/mol. The van der Waals surface area contributed by atoms with Crippen molar-refractivity contribution in [3.05, 3.63) is 6.92 Å². The fourth-order valence-electron chi connectivity index (χ4n) is 0.0985. The third kappa shape index (κ3) is 18.0. The molecule has 0 aliphatic rings. The van der Waals surface area contributed by atoms with Gasteiger partial charge in [-0.25, -0.2) is 6.29 Å². The Morgan fingerprint density at radius 2 is 1.82 bits per heavy atom. The van der Waals surface area contributed by atoms with E-state index in [0.29, 0.717) is 0 Å². The van der Waals surface area contributed by atoms with Crippen LogP contribution in [-0.4, -0.2) is 40.4 Å². The van der Waals surface area contributed by atoms with Gasteiger partial charge in [0.05, 0.1) is 6.10 Å². The smallest absolute Gasteiger partial charge is 0.539 e. The quantitative estimate of drug-likeness (QED) is 0.290. The standard InChI is InChI=1S/C4H7O3.C2H5O.Na/c1-3(6)4(7)2-5;1-2-3;/h3-4,6-7H,1H3;3H,1-2H2;/q2*-1;+1. The van der Waals surface area contributed by atoms with Gasteiger partial charge in [-0.1, -0.05) is 6.61 Å². The zero-order valence-electron chi connectivity index (χ0n) is 6.82. The molecule has 0 bridgehead atoms. The summed E-state index contributed by atoms with van der Waals surface area (Å²) in [6, 6.07) is 0. The van der Waals surface area contributed by atoms with Crippen molar-refractivity contribution in [1.29, 1.82) is 0 Å². The third-order valence-corrected chi connectivity index (χ3v) is 0.578. The van der Waals surface area contributed by atoms with Crippen molar-refractivity contribution in [2.75, 3.05) is 6.61 Å². The summed E-state index contributed by atoms with van der Waals surface area (Å²) in [5.41, 5.74) is 0. The van der Waals surface area contributed by atoms with Gasteiger partial charge in [0.15, 0.2) is 0 Å². The van der Waals surface area contributed by atoms with E-state index in [1.54, 1.807) is 0 Å². The molecule has 0 aromatic rings. The molecule has 0 radical (unpaired) electrons. The molecule has 11 heavy (non-hydrogen) atoms. The Kier molecular flexibility index (Phi) is 21.0. The second kappa shape index (κ2) is 13.2. The van der Waals surface area contributed by atoms with E-state index in [1.807, 2.05) is 0 Å². The summed E-state index contributed by atoms with van der Waals surface area (Å²) in [5, 5.41) is 24.0. The Labute approximate surface area is 88.5 Å². The van der Waals surface area contributed by atoms with Crippen LogP contribution in [0.15, 0.2) is 0 Å². The van der Waals surface area contributed by atoms with Crippen LogP contribution in [0, 0.1) is 6.92 Å². The van der Waals surface area contributed by atoms with Gasteiger partial charge < -0.3 is 27.0 Å². The molecule has 4 nitrogen and oxygen atoms in total. The van der Waals surface area contributed by atoms with Crippen LogP contribution in [0.5, 0.6) is 0 Å². The summed E-state index contributed by atoms with van der Waals surface area (Å²) in [6.07, 6.45) is -1.13. The Balaban J connectivity index is -0.000000140. The van der Waals surface area contributed by atoms with E-state index >= 15 is 0 Å². The molecule has 0 rings (SSSR count). The maximum atomic E-state index is 9.41. The zero-order chi connectivity index (χ0) is 8.57. The van der Waals surface area contributed by atoms with Crippen molar-refractivity contribution in [2.45, 2.75) is 19.1 Å². The van der Waals surface area contributed by atoms with Gasteiger partial charge in [0.1, 0.15) is 0 Å². The van der Waals surface area contributed by atoms with Crippen molar-refractivity contribution < 1.29 is 49.7 Å². The van der Waals surface area contributed by atoms with Gasteiger partial charge in [-0.05, 0) is 13.0 Å². The number of rotatable bonds is 2. The molecule has 2 unspecified atom stereocenters. The molecule has 0 saturated heterocycles. The zero-order valence-corrected chi connectivity index (χ0v) is 8.82. The molecule has 0 saturated carbocycles. The minimum atomic E-state index is -1.35. The van der Waals surface area contributed by atoms with Crippen molar-refractivity contribution in [1.82, 2.24) is 0 Å². The molecule has 3 N–H and O–H groups in total. The predicted octanol–water partition coefficient (Wildman–Crippen LogP) is -4.35. The number of carbonyl (C=O) groups excluding carboxylic acids is 1. The van der Waals surface area contributed by atoms with E-state index in [4.69, 9.17) is 15.3 Å². The maximum Gasteiger partial charge on any atom is 1.00 e. The van der Waals surface area contributed by atoms with Gasteiger partial charge in [0.2, 0.25) is 0 Å². The van der Waals surface area contributed by atoms with Gasteiger partial charge in [0.25, 0.3) is 0 Å². The molecule has 0 aromatic carbocycles. The number of aliphatic hydroxyl groups is 3. The van der Waals surface area contributed by atoms with Crippen molar-refractivity contribution >= 4 is 6.29 Å². The van der Waals surface area contributed by atoms with Crippen LogP contribution < -0.4 is 29.6 Å². The van der Waals surface area contributed by atoms with Gasteiger partial charge in [-0.15, -0.1) is 0 Å². The Hall–Kier alpha value is 0.550. The first-order valence-corrected chi connectivity index (χ1v) is 2.74. The average Bonchev–Trinajstić information content (AvgIpc) is 1.88. The normalized spacial score (nSPS) is 13.2. The second-order valence-electron chi connectivity index (χ2n) is 1.53. The van der Waals surface area contributed by atoms with E-state index in [1.165, 1.54) is 13.2 Å². The monoisotopic (exact) mass is 171 g/mol. The molecule has 0 fully saturated rings. The van der Waals surface area contributed by atoms with Gasteiger partial charge >= 0.3 is 29.6 Å². The van der Waals surface area contributed by atoms with Crippen LogP contribution in [0.4, 0.5) is 0 Å². The molecule has 0 aromatic heterocycles. The molecule has 0 amide bonds. The van der Waals surface area contributed by atoms with E-state index in [0.717, 1.165) is 0 Å². The minimum Gasteiger partial charge on any atom is -0.539 e. The van der Waals surface area contributed by atoms with E-state index in [2.05, 4.69) is 6.92 Å². The first kappa shape index (κ1) is 17.6. The molecule has 2 atom stereocenters. The molecular formula is C6H12NaO4-. The molecule has 0 aliphatic heterocycles. The summed E-state index contributed by atoms with van der Waals surface area (Å²) in [6.45, 7) is 4.36. The number of aliphatic hydroxyl groups excluding tert-OH is 3. The predicted molar refractivity (Wildman–Crippen MR) is 35.8 cm³/mol. The van der Waals surface area contributed by atoms with Crippen LogP contribution in [0.25, 0.3) is 0 Å². The largest absolute Gasteiger partial charge is 1.00 e. The number of hydrogen-bond acceptors (Lipinski definition) is 4. The first-order valence-electron chi connectivity index (χ1n) is 2.74. The third-order valence-electron chi connectivity index (χ3n) is 0.578. The van der Waals surface area contributed by atoms with Crippen LogP contribution >= 0.6 is 0 Å². The van der Waals surface area contributed by atoms with Gasteiger partial charge in [0, 0.05) is 0 Å². The van der Waals surface area contributed by atoms with E-state index in [-0.39, 0.29) is 36.2 Å². The van der Waals surface area contributed by atoms with E-state index in [9.17, 15) is 4.79 Å². The Morgan fingerprint density at radius 1 is 1.55 bits per heavy atom. The maximum absolute atomic E-state index is 9.41. The topological polar surface area (TPSA) is 77.8 Å². The van der Waals surface area contributed by atoms with Crippen molar-refractivity contribution in [3.63, 3.8) is 0 Å². The van der Waals surface area contributed by atoms with Gasteiger partial charge in [-0.3, -0.25) is 0 Å². The summed E-state index contributed by atoms with van der Waals surface area (Å²) in [5.74, 6) is 0. The van der Waals surface area contributed by atoms with Crippen LogP contribution in [0.3, 0.4) is 0 Å². The fraction of sp³-hybridized carbons (Fsp3) is 0.667. The van der Waals surface area contributed by atoms with Crippen LogP contribution in [0.1, 0.15) is 6.92 Å². The minimum absolute atomic E-state index is 0. The first-order chi connectivity index (χ1) is 4.59. The van der Waals surface area contributed by atoms with E-state index < -0.39 is 12.2 Å². The Bertz CT molecular complexity index is 77.0. The molecule has 62 valence electrons. The molecule has 0 spiro atoms. The number of hydrogen-bond donors (Lipinski definition) is 3. The average molecular weight is 171 g/mol. The van der Waals surface area contributed by atoms with Gasteiger partial charge in [-0.2, -0.15) is 0 Å². The van der Waals surface area contributed by atoms with Crippen LogP contribution in [-0.2, 0) is 4.79 Å². The summed E-state index contributed by atoms with van der Waals surface area (Å²) in [4.78, 5) is 9.41. The van der Waals surface area contributed by atoms with Crippen LogP contribution in [0.2, 0.25) is 0 Å². The molecule has 5 heteroatoms. The summed E-state index contributed by atoms with van der Waals surface area (Å²) in [7, 11) is 0. The second-order valence-corrected chi connectivity index (χ2v) is 1.53. The summed E-state index contributed by atoms with van der Waals surface area (Å²) < 4.78 is 0. The van der Waals surface area contributed by atoms with Crippen molar-refractivity contribution in [3.8, 4) is 0 Å². The van der Waals surface area contributed by atoms with Crippen molar-refractivity contribution in [2.24, 2.45) is 0 Å². The SMILES string of the molecule is CC(O)C(O)[C-]=O.[CH2-]CO.[Na+]. The summed E-state index contributed by atoms with van der Waals surface area (Å²) >= 11 is 0. The fourth-order valence-corrected chi connectivity index (χ4v) is 0.0985.